The van der Waals surface area contributed by atoms with Crippen molar-refractivity contribution in [2.75, 3.05) is 6.54 Å². The minimum atomic E-state index is -0.286. The Hall–Kier alpha value is -2.31. The van der Waals surface area contributed by atoms with Gasteiger partial charge in [0.25, 0.3) is 0 Å². The van der Waals surface area contributed by atoms with Gasteiger partial charge in [0.2, 0.25) is 0 Å². The van der Waals surface area contributed by atoms with Gasteiger partial charge in [0.15, 0.2) is 10.6 Å². The molecular weight excluding hydrogens is 347 g/mol. The van der Waals surface area contributed by atoms with Gasteiger partial charge >= 0.3 is 0 Å². The quantitative estimate of drug-likeness (QED) is 0.632. The summed E-state index contributed by atoms with van der Waals surface area (Å²) >= 11 is 5.56. The molecule has 1 aromatic heterocycles. The van der Waals surface area contributed by atoms with Gasteiger partial charge in [-0.25, -0.2) is 9.07 Å². The SMILES string of the molecule is Cn1c(-c2ccccc2F)nn(CN2CCCC2c2ccccc2)c1=S. The van der Waals surface area contributed by atoms with Crippen LogP contribution in [0.2, 0.25) is 0 Å². The normalized spacial score (nSPS) is 17.7. The van der Waals surface area contributed by atoms with Crippen molar-refractivity contribution < 1.29 is 4.39 Å². The maximum absolute atomic E-state index is 14.2. The molecule has 0 radical (unpaired) electrons. The summed E-state index contributed by atoms with van der Waals surface area (Å²) in [5.41, 5.74) is 1.79. The molecule has 26 heavy (non-hydrogen) atoms. The van der Waals surface area contributed by atoms with E-state index in [1.807, 2.05) is 19.2 Å². The second-order valence-corrected chi connectivity index (χ2v) is 7.03. The summed E-state index contributed by atoms with van der Waals surface area (Å²) in [5.74, 6) is 0.273. The van der Waals surface area contributed by atoms with Gasteiger partial charge in [-0.1, -0.05) is 42.5 Å². The average molecular weight is 368 g/mol. The van der Waals surface area contributed by atoms with Gasteiger partial charge in [0, 0.05) is 19.6 Å². The minimum absolute atomic E-state index is 0.286. The molecule has 1 aliphatic rings. The summed E-state index contributed by atoms with van der Waals surface area (Å²) in [5, 5.41) is 4.63. The average Bonchev–Trinajstić information content (AvgIpc) is 3.23. The predicted octanol–water partition coefficient (Wildman–Crippen LogP) is 4.55. The topological polar surface area (TPSA) is 26.0 Å². The van der Waals surface area contributed by atoms with Crippen molar-refractivity contribution in [3.8, 4) is 11.4 Å². The lowest BCUT2D eigenvalue weighted by Gasteiger charge is -2.24. The summed E-state index contributed by atoms with van der Waals surface area (Å²) in [6, 6.07) is 17.6. The molecule has 0 bridgehead atoms. The molecule has 4 nitrogen and oxygen atoms in total. The van der Waals surface area contributed by atoms with E-state index in [2.05, 4.69) is 34.3 Å². The van der Waals surface area contributed by atoms with E-state index in [9.17, 15) is 4.39 Å². The van der Waals surface area contributed by atoms with Crippen LogP contribution in [0.4, 0.5) is 4.39 Å². The Morgan fingerprint density at radius 2 is 1.85 bits per heavy atom. The van der Waals surface area contributed by atoms with Crippen molar-refractivity contribution in [2.24, 2.45) is 7.05 Å². The van der Waals surface area contributed by atoms with E-state index < -0.39 is 0 Å². The van der Waals surface area contributed by atoms with Crippen molar-refractivity contribution in [1.29, 1.82) is 0 Å². The molecule has 6 heteroatoms. The highest BCUT2D eigenvalue weighted by molar-refractivity contribution is 7.71. The molecule has 134 valence electrons. The van der Waals surface area contributed by atoms with E-state index in [4.69, 9.17) is 12.2 Å². The molecule has 4 rings (SSSR count). The third-order valence-electron chi connectivity index (χ3n) is 5.02. The molecule has 0 aliphatic carbocycles. The molecule has 1 unspecified atom stereocenters. The van der Waals surface area contributed by atoms with E-state index in [1.165, 1.54) is 11.6 Å². The molecule has 1 aliphatic heterocycles. The van der Waals surface area contributed by atoms with Crippen LogP contribution >= 0.6 is 12.2 Å². The summed E-state index contributed by atoms with van der Waals surface area (Å²) in [6.45, 7) is 1.62. The van der Waals surface area contributed by atoms with Gasteiger partial charge in [0.1, 0.15) is 5.82 Å². The zero-order valence-corrected chi connectivity index (χ0v) is 15.5. The van der Waals surface area contributed by atoms with Crippen molar-refractivity contribution in [2.45, 2.75) is 25.6 Å². The second-order valence-electron chi connectivity index (χ2n) is 6.67. The van der Waals surface area contributed by atoms with Crippen LogP contribution in [0, 0.1) is 10.6 Å². The molecule has 2 heterocycles. The van der Waals surface area contributed by atoms with Crippen LogP contribution in [0.3, 0.4) is 0 Å². The molecule has 0 saturated carbocycles. The first-order valence-corrected chi connectivity index (χ1v) is 9.23. The molecule has 0 amide bonds. The highest BCUT2D eigenvalue weighted by Crippen LogP contribution is 2.32. The number of nitrogens with zero attached hydrogens (tertiary/aromatic N) is 4. The highest BCUT2D eigenvalue weighted by atomic mass is 32.1. The van der Waals surface area contributed by atoms with Crippen LogP contribution in [-0.4, -0.2) is 25.8 Å². The maximum atomic E-state index is 14.2. The van der Waals surface area contributed by atoms with Crippen LogP contribution < -0.4 is 0 Å². The lowest BCUT2D eigenvalue weighted by molar-refractivity contribution is 0.190. The Balaban J connectivity index is 1.64. The molecular formula is C20H21FN4S. The minimum Gasteiger partial charge on any atom is -0.303 e. The Labute approximate surface area is 157 Å². The highest BCUT2D eigenvalue weighted by Gasteiger charge is 2.27. The van der Waals surface area contributed by atoms with Crippen LogP contribution in [-0.2, 0) is 13.7 Å². The first-order chi connectivity index (χ1) is 12.6. The molecule has 0 N–H and O–H groups in total. The van der Waals surface area contributed by atoms with Crippen LogP contribution in [0.1, 0.15) is 24.4 Å². The van der Waals surface area contributed by atoms with Crippen molar-refractivity contribution >= 4 is 12.2 Å². The number of hydrogen-bond acceptors (Lipinski definition) is 3. The monoisotopic (exact) mass is 368 g/mol. The molecule has 3 aromatic rings. The lowest BCUT2D eigenvalue weighted by atomic mass is 10.1. The van der Waals surface area contributed by atoms with Gasteiger partial charge in [0.05, 0.1) is 12.2 Å². The standard InChI is InChI=1S/C20H21FN4S/c1-23-19(16-10-5-6-11-17(16)21)22-25(20(23)26)14-24-13-7-12-18(24)15-8-3-2-4-9-15/h2-6,8-11,18H,7,12-14H2,1H3. The smallest absolute Gasteiger partial charge is 0.199 e. The fourth-order valence-electron chi connectivity index (χ4n) is 3.68. The summed E-state index contributed by atoms with van der Waals surface area (Å²) < 4.78 is 18.4. The lowest BCUT2D eigenvalue weighted by Crippen LogP contribution is -2.27. The van der Waals surface area contributed by atoms with E-state index in [0.717, 1.165) is 19.4 Å². The van der Waals surface area contributed by atoms with Crippen molar-refractivity contribution in [3.63, 3.8) is 0 Å². The Morgan fingerprint density at radius 1 is 1.12 bits per heavy atom. The molecule has 1 fully saturated rings. The number of aromatic nitrogens is 3. The van der Waals surface area contributed by atoms with Gasteiger partial charge in [-0.3, -0.25) is 4.90 Å². The van der Waals surface area contributed by atoms with Gasteiger partial charge in [-0.15, -0.1) is 0 Å². The number of rotatable bonds is 4. The largest absolute Gasteiger partial charge is 0.303 e. The molecule has 0 spiro atoms. The fourth-order valence-corrected chi connectivity index (χ4v) is 3.86. The number of hydrogen-bond donors (Lipinski definition) is 0. The van der Waals surface area contributed by atoms with Crippen LogP contribution in [0.5, 0.6) is 0 Å². The first-order valence-electron chi connectivity index (χ1n) is 8.83. The zero-order valence-electron chi connectivity index (χ0n) is 14.7. The first kappa shape index (κ1) is 17.1. The maximum Gasteiger partial charge on any atom is 0.199 e. The molecule has 2 aromatic carbocycles. The Morgan fingerprint density at radius 3 is 2.62 bits per heavy atom. The fraction of sp³-hybridized carbons (Fsp3) is 0.300. The van der Waals surface area contributed by atoms with E-state index >= 15 is 0 Å². The third-order valence-corrected chi connectivity index (χ3v) is 5.50. The zero-order chi connectivity index (χ0) is 18.1. The summed E-state index contributed by atoms with van der Waals surface area (Å²) in [7, 11) is 1.84. The van der Waals surface area contributed by atoms with Crippen LogP contribution in [0.15, 0.2) is 54.6 Å². The Bertz CT molecular complexity index is 963. The summed E-state index contributed by atoms with van der Waals surface area (Å²) in [4.78, 5) is 2.39. The van der Waals surface area contributed by atoms with Crippen molar-refractivity contribution in [3.05, 3.63) is 70.7 Å². The second kappa shape index (κ2) is 7.13. The number of halogens is 1. The van der Waals surface area contributed by atoms with E-state index in [-0.39, 0.29) is 5.82 Å². The summed E-state index contributed by atoms with van der Waals surface area (Å²) in [6.07, 6.45) is 2.28. The number of benzene rings is 2. The van der Waals surface area contributed by atoms with Gasteiger partial charge in [-0.05, 0) is 42.8 Å². The third kappa shape index (κ3) is 3.10. The van der Waals surface area contributed by atoms with E-state index in [1.54, 1.807) is 21.4 Å². The van der Waals surface area contributed by atoms with E-state index in [0.29, 0.717) is 28.9 Å². The van der Waals surface area contributed by atoms with Gasteiger partial charge < -0.3 is 4.57 Å². The Kier molecular flexibility index (Phi) is 4.70. The van der Waals surface area contributed by atoms with Crippen molar-refractivity contribution in [1.82, 2.24) is 19.2 Å². The predicted molar refractivity (Wildman–Crippen MR) is 103 cm³/mol. The number of likely N-dealkylation sites (tertiary alicyclic amines) is 1. The van der Waals surface area contributed by atoms with Crippen LogP contribution in [0.25, 0.3) is 11.4 Å². The van der Waals surface area contributed by atoms with Gasteiger partial charge in [-0.2, -0.15) is 5.10 Å². The molecule has 1 saturated heterocycles. The molecule has 1 atom stereocenters.